The fraction of sp³-hybridized carbons (Fsp3) is 0.333. The van der Waals surface area contributed by atoms with Crippen molar-refractivity contribution in [2.45, 2.75) is 38.6 Å². The fourth-order valence-corrected chi connectivity index (χ4v) is 3.48. The highest BCUT2D eigenvalue weighted by Gasteiger charge is 2.13. The van der Waals surface area contributed by atoms with E-state index in [-0.39, 0.29) is 6.04 Å². The van der Waals surface area contributed by atoms with Gasteiger partial charge in [0.05, 0.1) is 5.69 Å². The van der Waals surface area contributed by atoms with Crippen LogP contribution in [0.5, 0.6) is 0 Å². The van der Waals surface area contributed by atoms with E-state index in [1.54, 1.807) is 0 Å². The molecule has 0 radical (unpaired) electrons. The van der Waals surface area contributed by atoms with Gasteiger partial charge < -0.3 is 5.32 Å². The van der Waals surface area contributed by atoms with Crippen LogP contribution in [0.25, 0.3) is 0 Å². The van der Waals surface area contributed by atoms with Crippen LogP contribution in [-0.2, 0) is 12.8 Å². The molecule has 1 unspecified atom stereocenters. The van der Waals surface area contributed by atoms with E-state index in [2.05, 4.69) is 46.4 Å². The Balaban J connectivity index is 1.82. The molecule has 0 bridgehead atoms. The number of fused-ring (bicyclic) bond motifs is 1. The Morgan fingerprint density at radius 1 is 1.05 bits per heavy atom. The molecule has 110 valence electrons. The van der Waals surface area contributed by atoms with Crippen LogP contribution in [0.2, 0.25) is 5.02 Å². The van der Waals surface area contributed by atoms with Crippen molar-refractivity contribution >= 4 is 33.2 Å². The Morgan fingerprint density at radius 3 is 2.62 bits per heavy atom. The molecule has 2 aromatic rings. The highest BCUT2D eigenvalue weighted by atomic mass is 79.9. The van der Waals surface area contributed by atoms with E-state index in [1.165, 1.54) is 42.4 Å². The van der Waals surface area contributed by atoms with Crippen molar-refractivity contribution in [2.75, 3.05) is 5.32 Å². The highest BCUT2D eigenvalue weighted by molar-refractivity contribution is 9.10. The summed E-state index contributed by atoms with van der Waals surface area (Å²) in [4.78, 5) is 0. The number of anilines is 1. The van der Waals surface area contributed by atoms with E-state index < -0.39 is 0 Å². The lowest BCUT2D eigenvalue weighted by molar-refractivity contribution is 0.683. The predicted octanol–water partition coefficient (Wildman–Crippen LogP) is 6.15. The van der Waals surface area contributed by atoms with Gasteiger partial charge in [-0.15, -0.1) is 0 Å². The summed E-state index contributed by atoms with van der Waals surface area (Å²) in [5.41, 5.74) is 5.42. The van der Waals surface area contributed by atoms with Crippen LogP contribution >= 0.6 is 27.5 Å². The Morgan fingerprint density at radius 2 is 1.81 bits per heavy atom. The topological polar surface area (TPSA) is 12.0 Å². The molecule has 0 amide bonds. The Bertz CT molecular complexity index is 654. The number of aryl methyl sites for hydroxylation is 2. The van der Waals surface area contributed by atoms with Gasteiger partial charge in [-0.05, 0) is 83.4 Å². The first kappa shape index (κ1) is 14.9. The summed E-state index contributed by atoms with van der Waals surface area (Å²) in [6.45, 7) is 2.19. The maximum Gasteiger partial charge on any atom is 0.0504 e. The van der Waals surface area contributed by atoms with Crippen LogP contribution in [-0.4, -0.2) is 0 Å². The molecular formula is C18H19BrClN. The third kappa shape index (κ3) is 3.44. The fourth-order valence-electron chi connectivity index (χ4n) is 2.95. The van der Waals surface area contributed by atoms with Gasteiger partial charge in [0.1, 0.15) is 0 Å². The number of nitrogens with one attached hydrogen (secondary N) is 1. The summed E-state index contributed by atoms with van der Waals surface area (Å²) in [7, 11) is 0. The number of rotatable bonds is 3. The molecule has 0 fully saturated rings. The molecule has 21 heavy (non-hydrogen) atoms. The maximum atomic E-state index is 6.08. The minimum absolute atomic E-state index is 0.256. The molecule has 1 nitrogen and oxygen atoms in total. The summed E-state index contributed by atoms with van der Waals surface area (Å²) in [6, 6.07) is 13.0. The first-order valence-corrected chi connectivity index (χ1v) is 8.64. The van der Waals surface area contributed by atoms with Crippen molar-refractivity contribution in [3.8, 4) is 0 Å². The zero-order valence-electron chi connectivity index (χ0n) is 12.1. The van der Waals surface area contributed by atoms with E-state index in [9.17, 15) is 0 Å². The minimum Gasteiger partial charge on any atom is -0.378 e. The molecule has 3 heteroatoms. The highest BCUT2D eigenvalue weighted by Crippen LogP contribution is 2.31. The van der Waals surface area contributed by atoms with Crippen LogP contribution in [0, 0.1) is 0 Å². The third-order valence-electron chi connectivity index (χ3n) is 4.17. The van der Waals surface area contributed by atoms with Gasteiger partial charge in [0, 0.05) is 15.5 Å². The molecule has 1 atom stereocenters. The number of benzene rings is 2. The summed E-state index contributed by atoms with van der Waals surface area (Å²) in [5.74, 6) is 0. The van der Waals surface area contributed by atoms with Crippen LogP contribution < -0.4 is 5.32 Å². The average Bonchev–Trinajstić information content (AvgIpc) is 2.50. The number of hydrogen-bond donors (Lipinski definition) is 1. The Labute approximate surface area is 139 Å². The molecule has 0 spiro atoms. The van der Waals surface area contributed by atoms with E-state index in [4.69, 9.17) is 11.6 Å². The van der Waals surface area contributed by atoms with Crippen molar-refractivity contribution in [3.05, 3.63) is 62.6 Å². The van der Waals surface area contributed by atoms with Crippen LogP contribution in [0.4, 0.5) is 5.69 Å². The first-order valence-electron chi connectivity index (χ1n) is 7.47. The molecule has 0 aliphatic heterocycles. The van der Waals surface area contributed by atoms with Crippen LogP contribution in [0.3, 0.4) is 0 Å². The molecule has 1 aliphatic carbocycles. The lowest BCUT2D eigenvalue weighted by Crippen LogP contribution is -2.09. The summed E-state index contributed by atoms with van der Waals surface area (Å²) >= 11 is 9.65. The van der Waals surface area contributed by atoms with Gasteiger partial charge in [0.25, 0.3) is 0 Å². The maximum absolute atomic E-state index is 6.08. The first-order chi connectivity index (χ1) is 10.1. The summed E-state index contributed by atoms with van der Waals surface area (Å²) in [6.07, 6.45) is 5.10. The molecular weight excluding hydrogens is 346 g/mol. The average molecular weight is 365 g/mol. The van der Waals surface area contributed by atoms with Crippen LogP contribution in [0.1, 0.15) is 42.5 Å². The second-order valence-corrected chi connectivity index (χ2v) is 7.02. The molecule has 0 saturated carbocycles. The van der Waals surface area contributed by atoms with Gasteiger partial charge in [-0.2, -0.15) is 0 Å². The van der Waals surface area contributed by atoms with Gasteiger partial charge in [0.15, 0.2) is 0 Å². The standard InChI is InChI=1S/C18H19BrClN/c1-12(21-18-11-16(20)8-9-17(18)19)14-7-6-13-4-2-3-5-15(13)10-14/h6-12,21H,2-5H2,1H3. The SMILES string of the molecule is CC(Nc1cc(Cl)ccc1Br)c1ccc2c(c1)CCCC2. The number of hydrogen-bond acceptors (Lipinski definition) is 1. The Kier molecular flexibility index (Phi) is 4.56. The molecule has 0 aromatic heterocycles. The van der Waals surface area contributed by atoms with E-state index >= 15 is 0 Å². The summed E-state index contributed by atoms with van der Waals surface area (Å²) < 4.78 is 1.04. The Hall–Kier alpha value is -0.990. The van der Waals surface area contributed by atoms with E-state index in [1.807, 2.05) is 18.2 Å². The lowest BCUT2D eigenvalue weighted by Gasteiger charge is -2.21. The molecule has 2 aromatic carbocycles. The van der Waals surface area contributed by atoms with Crippen molar-refractivity contribution in [1.82, 2.24) is 0 Å². The van der Waals surface area contributed by atoms with Crippen molar-refractivity contribution in [1.29, 1.82) is 0 Å². The lowest BCUT2D eigenvalue weighted by atomic mass is 9.89. The minimum atomic E-state index is 0.256. The molecule has 0 saturated heterocycles. The van der Waals surface area contributed by atoms with Crippen LogP contribution in [0.15, 0.2) is 40.9 Å². The predicted molar refractivity (Wildman–Crippen MR) is 94.3 cm³/mol. The van der Waals surface area contributed by atoms with Crippen molar-refractivity contribution in [2.24, 2.45) is 0 Å². The van der Waals surface area contributed by atoms with Gasteiger partial charge in [0.2, 0.25) is 0 Å². The number of halogens is 2. The van der Waals surface area contributed by atoms with Crippen molar-refractivity contribution in [3.63, 3.8) is 0 Å². The largest absolute Gasteiger partial charge is 0.378 e. The zero-order valence-corrected chi connectivity index (χ0v) is 14.5. The molecule has 1 aliphatic rings. The zero-order chi connectivity index (χ0) is 14.8. The monoisotopic (exact) mass is 363 g/mol. The summed E-state index contributed by atoms with van der Waals surface area (Å²) in [5, 5.41) is 4.29. The molecule has 3 rings (SSSR count). The molecule has 1 N–H and O–H groups in total. The van der Waals surface area contributed by atoms with Gasteiger partial charge in [-0.25, -0.2) is 0 Å². The normalized spacial score (nSPS) is 15.4. The van der Waals surface area contributed by atoms with Gasteiger partial charge in [-0.1, -0.05) is 29.8 Å². The molecule has 0 heterocycles. The second kappa shape index (κ2) is 6.41. The van der Waals surface area contributed by atoms with E-state index in [0.29, 0.717) is 0 Å². The quantitative estimate of drug-likeness (QED) is 0.688. The third-order valence-corrected chi connectivity index (χ3v) is 5.10. The van der Waals surface area contributed by atoms with Gasteiger partial charge in [-0.3, -0.25) is 0 Å². The van der Waals surface area contributed by atoms with Gasteiger partial charge >= 0.3 is 0 Å². The second-order valence-electron chi connectivity index (χ2n) is 5.73. The van der Waals surface area contributed by atoms with Crippen molar-refractivity contribution < 1.29 is 0 Å². The van der Waals surface area contributed by atoms with E-state index in [0.717, 1.165) is 15.2 Å². The smallest absolute Gasteiger partial charge is 0.0504 e.